The first-order chi connectivity index (χ1) is 16.0. The van der Waals surface area contributed by atoms with E-state index in [0.717, 1.165) is 0 Å². The zero-order chi connectivity index (χ0) is 25.5. The molecule has 1 unspecified atom stereocenters. The molecule has 0 aromatic heterocycles. The maximum Gasteiger partial charge on any atom is 0.261 e. The number of benzene rings is 2. The fraction of sp³-hybridized carbons (Fsp3) is 0.440. The Hall–Kier alpha value is -2.64. The highest BCUT2D eigenvalue weighted by molar-refractivity contribution is 6.36. The first kappa shape index (κ1) is 27.6. The lowest BCUT2D eigenvalue weighted by Gasteiger charge is -2.33. The van der Waals surface area contributed by atoms with E-state index in [2.05, 4.69) is 5.32 Å². The molecule has 0 aliphatic rings. The summed E-state index contributed by atoms with van der Waals surface area (Å²) in [7, 11) is 3.05. The predicted molar refractivity (Wildman–Crippen MR) is 134 cm³/mol. The summed E-state index contributed by atoms with van der Waals surface area (Å²) in [6.07, 6.45) is 0.392. The van der Waals surface area contributed by atoms with E-state index in [4.69, 9.17) is 37.4 Å². The van der Waals surface area contributed by atoms with Crippen LogP contribution in [0.5, 0.6) is 17.2 Å². The van der Waals surface area contributed by atoms with Crippen molar-refractivity contribution in [2.45, 2.75) is 52.2 Å². The van der Waals surface area contributed by atoms with Gasteiger partial charge in [0.25, 0.3) is 5.91 Å². The molecule has 2 aromatic rings. The molecule has 0 heterocycles. The number of hydrogen-bond acceptors (Lipinski definition) is 5. The van der Waals surface area contributed by atoms with Gasteiger partial charge in [0.15, 0.2) is 6.61 Å². The lowest BCUT2D eigenvalue weighted by molar-refractivity contribution is -0.143. The lowest BCUT2D eigenvalue weighted by Crippen LogP contribution is -2.54. The van der Waals surface area contributed by atoms with Crippen LogP contribution in [0.15, 0.2) is 36.4 Å². The van der Waals surface area contributed by atoms with Crippen molar-refractivity contribution in [2.24, 2.45) is 0 Å². The Balaban J connectivity index is 2.34. The van der Waals surface area contributed by atoms with Crippen LogP contribution in [0.3, 0.4) is 0 Å². The highest BCUT2D eigenvalue weighted by Crippen LogP contribution is 2.29. The van der Waals surface area contributed by atoms with E-state index in [-0.39, 0.29) is 19.1 Å². The number of nitrogens with zero attached hydrogens (tertiary/aromatic N) is 1. The molecule has 34 heavy (non-hydrogen) atoms. The van der Waals surface area contributed by atoms with Gasteiger partial charge < -0.3 is 24.4 Å². The van der Waals surface area contributed by atoms with E-state index in [1.165, 1.54) is 19.1 Å². The van der Waals surface area contributed by atoms with E-state index in [1.54, 1.807) is 36.4 Å². The largest absolute Gasteiger partial charge is 0.496 e. The number of carbonyl (C=O) groups excluding carboxylic acids is 2. The minimum Gasteiger partial charge on any atom is -0.496 e. The fourth-order valence-electron chi connectivity index (χ4n) is 3.32. The number of halogens is 2. The first-order valence-corrected chi connectivity index (χ1v) is 11.6. The minimum atomic E-state index is -0.748. The third kappa shape index (κ3) is 7.71. The Kier molecular flexibility index (Phi) is 9.89. The van der Waals surface area contributed by atoms with Gasteiger partial charge in [-0.1, -0.05) is 36.2 Å². The molecule has 0 saturated heterocycles. The van der Waals surface area contributed by atoms with Crippen LogP contribution in [-0.4, -0.2) is 49.1 Å². The zero-order valence-corrected chi connectivity index (χ0v) is 21.9. The highest BCUT2D eigenvalue weighted by atomic mass is 35.5. The van der Waals surface area contributed by atoms with Crippen LogP contribution in [-0.2, 0) is 16.1 Å². The van der Waals surface area contributed by atoms with Crippen molar-refractivity contribution in [2.75, 3.05) is 20.8 Å². The Labute approximate surface area is 211 Å². The van der Waals surface area contributed by atoms with E-state index in [9.17, 15) is 9.59 Å². The molecule has 1 N–H and O–H groups in total. The van der Waals surface area contributed by atoms with E-state index in [1.807, 2.05) is 27.7 Å². The summed E-state index contributed by atoms with van der Waals surface area (Å²) in [4.78, 5) is 27.9. The van der Waals surface area contributed by atoms with Gasteiger partial charge in [-0.25, -0.2) is 0 Å². The molecular weight excluding hydrogens is 479 g/mol. The number of nitrogens with one attached hydrogen (secondary N) is 1. The minimum absolute atomic E-state index is 0.0538. The van der Waals surface area contributed by atoms with Crippen LogP contribution in [0.1, 0.15) is 39.7 Å². The smallest absolute Gasteiger partial charge is 0.261 e. The molecule has 7 nitrogen and oxygen atoms in total. The van der Waals surface area contributed by atoms with Crippen LogP contribution in [0.2, 0.25) is 10.0 Å². The van der Waals surface area contributed by atoms with Gasteiger partial charge >= 0.3 is 0 Å². The summed E-state index contributed by atoms with van der Waals surface area (Å²) < 4.78 is 16.3. The molecule has 2 rings (SSSR count). The average molecular weight is 511 g/mol. The van der Waals surface area contributed by atoms with Crippen LogP contribution >= 0.6 is 23.2 Å². The Morgan fingerprint density at radius 2 is 1.53 bits per heavy atom. The van der Waals surface area contributed by atoms with Gasteiger partial charge in [0, 0.05) is 45.9 Å². The lowest BCUT2D eigenvalue weighted by atomic mass is 10.1. The first-order valence-electron chi connectivity index (χ1n) is 10.9. The number of hydrogen-bond donors (Lipinski definition) is 1. The van der Waals surface area contributed by atoms with Crippen molar-refractivity contribution in [3.8, 4) is 17.2 Å². The van der Waals surface area contributed by atoms with E-state index in [0.29, 0.717) is 39.3 Å². The summed E-state index contributed by atoms with van der Waals surface area (Å²) in [5.41, 5.74) is 0.0961. The monoisotopic (exact) mass is 510 g/mol. The molecule has 0 saturated carbocycles. The molecule has 0 aliphatic carbocycles. The standard InChI is InChI=1S/C25H32Cl2N2O5/c1-7-22(24(31)28-25(2,3)4)29(14-19-20(26)9-8-10-21(19)27)23(30)15-34-18-12-16(32-5)11-17(13-18)33-6/h8-13,22H,7,14-15H2,1-6H3,(H,28,31). The molecule has 0 aliphatic heterocycles. The summed E-state index contributed by atoms with van der Waals surface area (Å²) in [6.45, 7) is 7.24. The second-order valence-corrected chi connectivity index (χ2v) is 9.54. The summed E-state index contributed by atoms with van der Waals surface area (Å²) >= 11 is 12.7. The van der Waals surface area contributed by atoms with Crippen LogP contribution in [0.25, 0.3) is 0 Å². The molecule has 0 radical (unpaired) electrons. The van der Waals surface area contributed by atoms with Crippen LogP contribution < -0.4 is 19.5 Å². The van der Waals surface area contributed by atoms with Gasteiger partial charge in [0.05, 0.1) is 14.2 Å². The van der Waals surface area contributed by atoms with E-state index >= 15 is 0 Å². The van der Waals surface area contributed by atoms with Crippen molar-refractivity contribution >= 4 is 35.0 Å². The zero-order valence-electron chi connectivity index (χ0n) is 20.4. The number of carbonyl (C=O) groups is 2. The van der Waals surface area contributed by atoms with Gasteiger partial charge in [-0.3, -0.25) is 9.59 Å². The number of amides is 2. The van der Waals surface area contributed by atoms with Gasteiger partial charge in [-0.2, -0.15) is 0 Å². The second kappa shape index (κ2) is 12.2. The molecule has 2 aromatic carbocycles. The maximum atomic E-state index is 13.4. The molecule has 9 heteroatoms. The molecule has 0 fully saturated rings. The SMILES string of the molecule is CCC(C(=O)NC(C)(C)C)N(Cc1c(Cl)cccc1Cl)C(=O)COc1cc(OC)cc(OC)c1. The van der Waals surface area contributed by atoms with Gasteiger partial charge in [0.1, 0.15) is 23.3 Å². The molecule has 0 bridgehead atoms. The van der Waals surface area contributed by atoms with Crippen LogP contribution in [0, 0.1) is 0 Å². The highest BCUT2D eigenvalue weighted by Gasteiger charge is 2.31. The molecule has 0 spiro atoms. The second-order valence-electron chi connectivity index (χ2n) is 8.72. The summed E-state index contributed by atoms with van der Waals surface area (Å²) in [6, 6.07) is 9.36. The number of ether oxygens (including phenoxy) is 3. The molecular formula is C25H32Cl2N2O5. The summed E-state index contributed by atoms with van der Waals surface area (Å²) in [5, 5.41) is 3.78. The third-order valence-electron chi connectivity index (χ3n) is 4.96. The molecule has 2 amide bonds. The average Bonchev–Trinajstić information content (AvgIpc) is 2.77. The molecule has 186 valence electrons. The number of methoxy groups -OCH3 is 2. The van der Waals surface area contributed by atoms with Crippen LogP contribution in [0.4, 0.5) is 0 Å². The van der Waals surface area contributed by atoms with Crippen molar-refractivity contribution < 1.29 is 23.8 Å². The van der Waals surface area contributed by atoms with Crippen molar-refractivity contribution in [1.29, 1.82) is 0 Å². The summed E-state index contributed by atoms with van der Waals surface area (Å²) in [5.74, 6) is 0.783. The topological polar surface area (TPSA) is 77.1 Å². The molecule has 1 atom stereocenters. The quantitative estimate of drug-likeness (QED) is 0.480. The fourth-order valence-corrected chi connectivity index (χ4v) is 3.84. The Bertz CT molecular complexity index is 965. The van der Waals surface area contributed by atoms with E-state index < -0.39 is 17.5 Å². The third-order valence-corrected chi connectivity index (χ3v) is 5.67. The maximum absolute atomic E-state index is 13.4. The Morgan fingerprint density at radius 3 is 2.00 bits per heavy atom. The van der Waals surface area contributed by atoms with Gasteiger partial charge in [0.2, 0.25) is 5.91 Å². The van der Waals surface area contributed by atoms with Crippen molar-refractivity contribution in [3.05, 3.63) is 52.0 Å². The van der Waals surface area contributed by atoms with Gasteiger partial charge in [-0.05, 0) is 39.3 Å². The number of rotatable bonds is 10. The van der Waals surface area contributed by atoms with Gasteiger partial charge in [-0.15, -0.1) is 0 Å². The van der Waals surface area contributed by atoms with Crippen molar-refractivity contribution in [3.63, 3.8) is 0 Å². The predicted octanol–water partition coefficient (Wildman–Crippen LogP) is 5.11. The normalized spacial score (nSPS) is 12.0. The Morgan fingerprint density at radius 1 is 1.00 bits per heavy atom. The van der Waals surface area contributed by atoms with Crippen molar-refractivity contribution in [1.82, 2.24) is 10.2 Å².